The maximum absolute atomic E-state index is 14.2. The molecule has 0 bridgehead atoms. The summed E-state index contributed by atoms with van der Waals surface area (Å²) in [6.07, 6.45) is 3.76. The quantitative estimate of drug-likeness (QED) is 0.383. The Morgan fingerprint density at radius 3 is 2.32 bits per heavy atom. The van der Waals surface area contributed by atoms with Crippen molar-refractivity contribution in [1.82, 2.24) is 19.0 Å². The minimum absolute atomic E-state index is 0. The SMILES string of the molecule is CN(C)Cc1ccc(-c2cccc(-n3c(=O)n(C4CCC(N)CC4)c(=O)c4cc(F)cnc43)c2)cc1.Cl.Cl. The van der Waals surface area contributed by atoms with E-state index in [0.29, 0.717) is 18.5 Å². The maximum atomic E-state index is 14.2. The van der Waals surface area contributed by atoms with Gasteiger partial charge in [0, 0.05) is 18.6 Å². The van der Waals surface area contributed by atoms with Crippen LogP contribution in [0.2, 0.25) is 0 Å². The molecule has 0 radical (unpaired) electrons. The van der Waals surface area contributed by atoms with Crippen molar-refractivity contribution in [3.63, 3.8) is 0 Å². The normalized spacial score (nSPS) is 17.2. The van der Waals surface area contributed by atoms with Gasteiger partial charge in [-0.25, -0.2) is 18.7 Å². The minimum Gasteiger partial charge on any atom is -0.328 e. The molecule has 2 heterocycles. The van der Waals surface area contributed by atoms with E-state index in [1.807, 2.05) is 32.3 Å². The number of halogens is 3. The van der Waals surface area contributed by atoms with Gasteiger partial charge in [-0.15, -0.1) is 24.8 Å². The Balaban J connectivity index is 0.00000200. The van der Waals surface area contributed by atoms with Gasteiger partial charge >= 0.3 is 5.69 Å². The highest BCUT2D eigenvalue weighted by Gasteiger charge is 2.26. The van der Waals surface area contributed by atoms with Crippen molar-refractivity contribution in [2.45, 2.75) is 44.3 Å². The van der Waals surface area contributed by atoms with Gasteiger partial charge in [0.1, 0.15) is 5.82 Å². The Bertz CT molecular complexity index is 1530. The summed E-state index contributed by atoms with van der Waals surface area (Å²) in [5.41, 5.74) is 8.93. The second-order valence-electron chi connectivity index (χ2n) is 9.87. The minimum atomic E-state index is -0.617. The van der Waals surface area contributed by atoms with Gasteiger partial charge in [0.15, 0.2) is 5.65 Å². The molecule has 202 valence electrons. The molecule has 2 aromatic heterocycles. The molecule has 0 spiro atoms. The molecule has 10 heteroatoms. The second kappa shape index (κ2) is 12.2. The number of nitrogens with zero attached hydrogens (tertiary/aromatic N) is 4. The smallest absolute Gasteiger partial charge is 0.328 e. The van der Waals surface area contributed by atoms with Crippen LogP contribution in [0.1, 0.15) is 37.3 Å². The van der Waals surface area contributed by atoms with E-state index in [2.05, 4.69) is 34.1 Å². The first-order valence-electron chi connectivity index (χ1n) is 12.2. The molecule has 0 amide bonds. The highest BCUT2D eigenvalue weighted by atomic mass is 35.5. The van der Waals surface area contributed by atoms with Crippen molar-refractivity contribution in [3.8, 4) is 16.8 Å². The second-order valence-corrected chi connectivity index (χ2v) is 9.87. The van der Waals surface area contributed by atoms with Crippen LogP contribution in [-0.2, 0) is 6.54 Å². The Kier molecular flexibility index (Phi) is 9.49. The first-order chi connectivity index (χ1) is 17.3. The van der Waals surface area contributed by atoms with E-state index in [1.54, 1.807) is 6.07 Å². The van der Waals surface area contributed by atoms with E-state index < -0.39 is 17.1 Å². The van der Waals surface area contributed by atoms with Gasteiger partial charge in [-0.3, -0.25) is 9.36 Å². The Labute approximate surface area is 232 Å². The predicted molar refractivity (Wildman–Crippen MR) is 154 cm³/mol. The molecule has 4 aromatic rings. The number of benzene rings is 2. The summed E-state index contributed by atoms with van der Waals surface area (Å²) in [6, 6.07) is 16.8. The third-order valence-corrected chi connectivity index (χ3v) is 6.89. The van der Waals surface area contributed by atoms with Crippen molar-refractivity contribution in [2.24, 2.45) is 5.73 Å². The third-order valence-electron chi connectivity index (χ3n) is 6.89. The van der Waals surface area contributed by atoms with E-state index in [9.17, 15) is 14.0 Å². The van der Waals surface area contributed by atoms with E-state index in [-0.39, 0.29) is 47.9 Å². The maximum Gasteiger partial charge on any atom is 0.337 e. The molecule has 1 fully saturated rings. The van der Waals surface area contributed by atoms with Crippen molar-refractivity contribution in [1.29, 1.82) is 0 Å². The number of fused-ring (bicyclic) bond motifs is 1. The largest absolute Gasteiger partial charge is 0.337 e. The average molecular weight is 561 g/mol. The standard InChI is InChI=1S/C28H30FN5O2.2ClH/c1-32(2)17-18-6-8-19(9-7-18)20-4-3-5-24(14-20)33-26-25(15-21(29)16-31-26)27(35)34(28(33)36)23-12-10-22(30)11-13-23;;/h3-9,14-16,22-23H,10-13,17,30H2,1-2H3;2*1H. The predicted octanol–water partition coefficient (Wildman–Crippen LogP) is 4.70. The van der Waals surface area contributed by atoms with Crippen molar-refractivity contribution >= 4 is 35.8 Å². The molecule has 0 unspecified atom stereocenters. The number of hydrogen-bond acceptors (Lipinski definition) is 5. The molecule has 2 aromatic carbocycles. The molecule has 0 saturated heterocycles. The third kappa shape index (κ3) is 5.83. The molecule has 1 aliphatic carbocycles. The Morgan fingerprint density at radius 1 is 0.974 bits per heavy atom. The van der Waals surface area contributed by atoms with Crippen LogP contribution in [0.4, 0.5) is 4.39 Å². The number of rotatable bonds is 5. The van der Waals surface area contributed by atoms with Gasteiger partial charge in [-0.2, -0.15) is 0 Å². The van der Waals surface area contributed by atoms with E-state index in [4.69, 9.17) is 5.73 Å². The molecule has 5 rings (SSSR count). The first-order valence-corrected chi connectivity index (χ1v) is 12.2. The molecule has 2 N–H and O–H groups in total. The lowest BCUT2D eigenvalue weighted by atomic mass is 9.91. The fourth-order valence-electron chi connectivity index (χ4n) is 5.09. The number of pyridine rings is 1. The van der Waals surface area contributed by atoms with Crippen LogP contribution >= 0.6 is 24.8 Å². The van der Waals surface area contributed by atoms with Crippen LogP contribution in [-0.4, -0.2) is 39.2 Å². The van der Waals surface area contributed by atoms with Gasteiger partial charge in [0.05, 0.1) is 17.3 Å². The van der Waals surface area contributed by atoms with Gasteiger partial charge in [-0.1, -0.05) is 36.4 Å². The zero-order valence-electron chi connectivity index (χ0n) is 21.3. The average Bonchev–Trinajstić information content (AvgIpc) is 2.86. The molecule has 0 aliphatic heterocycles. The molecule has 7 nitrogen and oxygen atoms in total. The lowest BCUT2D eigenvalue weighted by molar-refractivity contribution is 0.309. The summed E-state index contributed by atoms with van der Waals surface area (Å²) in [4.78, 5) is 33.5. The zero-order valence-corrected chi connectivity index (χ0v) is 23.0. The van der Waals surface area contributed by atoms with E-state index in [0.717, 1.165) is 36.7 Å². The zero-order chi connectivity index (χ0) is 25.4. The van der Waals surface area contributed by atoms with Crippen LogP contribution in [0, 0.1) is 5.82 Å². The Morgan fingerprint density at radius 2 is 1.66 bits per heavy atom. The lowest BCUT2D eigenvalue weighted by Crippen LogP contribution is -2.44. The summed E-state index contributed by atoms with van der Waals surface area (Å²) in [5.74, 6) is -0.617. The summed E-state index contributed by atoms with van der Waals surface area (Å²) < 4.78 is 16.9. The van der Waals surface area contributed by atoms with Crippen molar-refractivity contribution in [3.05, 3.63) is 93.0 Å². The first kappa shape index (κ1) is 29.5. The van der Waals surface area contributed by atoms with Crippen LogP contribution in [0.25, 0.3) is 27.8 Å². The van der Waals surface area contributed by atoms with Crippen molar-refractivity contribution in [2.75, 3.05) is 14.1 Å². The lowest BCUT2D eigenvalue weighted by Gasteiger charge is -2.28. The monoisotopic (exact) mass is 559 g/mol. The number of nitrogens with two attached hydrogens (primary N) is 1. The fraction of sp³-hybridized carbons (Fsp3) is 0.321. The van der Waals surface area contributed by atoms with E-state index >= 15 is 0 Å². The summed E-state index contributed by atoms with van der Waals surface area (Å²) in [7, 11) is 4.06. The van der Waals surface area contributed by atoms with Crippen LogP contribution in [0.15, 0.2) is 70.4 Å². The van der Waals surface area contributed by atoms with E-state index in [1.165, 1.54) is 20.8 Å². The highest BCUT2D eigenvalue weighted by molar-refractivity contribution is 5.85. The topological polar surface area (TPSA) is 86.1 Å². The summed E-state index contributed by atoms with van der Waals surface area (Å²) in [6.45, 7) is 0.845. The van der Waals surface area contributed by atoms with Gasteiger partial charge in [0.2, 0.25) is 0 Å². The summed E-state index contributed by atoms with van der Waals surface area (Å²) in [5, 5.41) is 0.0860. The number of aromatic nitrogens is 3. The highest BCUT2D eigenvalue weighted by Crippen LogP contribution is 2.27. The Hall–Kier alpha value is -3.04. The molecule has 1 saturated carbocycles. The van der Waals surface area contributed by atoms with Crippen LogP contribution in [0.3, 0.4) is 0 Å². The van der Waals surface area contributed by atoms with Crippen molar-refractivity contribution < 1.29 is 4.39 Å². The fourth-order valence-corrected chi connectivity index (χ4v) is 5.09. The molecule has 0 atom stereocenters. The van der Waals surface area contributed by atoms with Gasteiger partial charge in [-0.05, 0) is 74.7 Å². The van der Waals surface area contributed by atoms with Crippen LogP contribution in [0.5, 0.6) is 0 Å². The van der Waals surface area contributed by atoms with Crippen LogP contribution < -0.4 is 17.0 Å². The van der Waals surface area contributed by atoms with Gasteiger partial charge < -0.3 is 10.6 Å². The molecular weight excluding hydrogens is 528 g/mol. The van der Waals surface area contributed by atoms with Gasteiger partial charge in [0.25, 0.3) is 5.56 Å². The number of hydrogen-bond donors (Lipinski definition) is 1. The summed E-state index contributed by atoms with van der Waals surface area (Å²) >= 11 is 0. The molecule has 1 aliphatic rings. The molecular formula is C28H32Cl2FN5O2. The molecule has 38 heavy (non-hydrogen) atoms.